The van der Waals surface area contributed by atoms with Crippen LogP contribution in [0.15, 0.2) is 0 Å². The van der Waals surface area contributed by atoms with E-state index in [1.165, 1.54) is 0 Å². The van der Waals surface area contributed by atoms with Crippen LogP contribution in [0.5, 0.6) is 0 Å². The lowest BCUT2D eigenvalue weighted by Crippen LogP contribution is -2.49. The van der Waals surface area contributed by atoms with Crippen molar-refractivity contribution >= 4 is 5.97 Å². The van der Waals surface area contributed by atoms with E-state index in [4.69, 9.17) is 4.74 Å². The van der Waals surface area contributed by atoms with Crippen molar-refractivity contribution < 1.29 is 14.6 Å². The molecule has 0 rings (SSSR count). The molecule has 4 nitrogen and oxygen atoms in total. The van der Waals surface area contributed by atoms with Crippen LogP contribution in [0.2, 0.25) is 0 Å². The van der Waals surface area contributed by atoms with Crippen LogP contribution in [0, 0.1) is 0 Å². The van der Waals surface area contributed by atoms with E-state index in [-0.39, 0.29) is 5.60 Å². The van der Waals surface area contributed by atoms with Crippen LogP contribution in [0.25, 0.3) is 0 Å². The third-order valence-electron chi connectivity index (χ3n) is 2.59. The number of carbonyl (C=O) groups is 1. The normalized spacial score (nSPS) is 15.6. The molecule has 0 aromatic rings. The number of carboxylic acids is 1. The minimum Gasteiger partial charge on any atom is -0.480 e. The van der Waals surface area contributed by atoms with Crippen molar-refractivity contribution in [1.82, 2.24) is 5.32 Å². The fourth-order valence-electron chi connectivity index (χ4n) is 1.48. The predicted molar refractivity (Wildman–Crippen MR) is 69.3 cm³/mol. The first-order chi connectivity index (χ1) is 7.71. The summed E-state index contributed by atoms with van der Waals surface area (Å²) in [6.45, 7) is 11.1. The molecule has 0 aliphatic rings. The third-order valence-corrected chi connectivity index (χ3v) is 2.59. The summed E-state index contributed by atoms with van der Waals surface area (Å²) >= 11 is 0. The highest BCUT2D eigenvalue weighted by atomic mass is 16.5. The Balaban J connectivity index is 4.05. The molecular weight excluding hydrogens is 218 g/mol. The minimum absolute atomic E-state index is 0.156. The summed E-state index contributed by atoms with van der Waals surface area (Å²) in [4.78, 5) is 11.2. The first-order valence-corrected chi connectivity index (χ1v) is 6.33. The van der Waals surface area contributed by atoms with Crippen LogP contribution in [-0.4, -0.2) is 35.4 Å². The fourth-order valence-corrected chi connectivity index (χ4v) is 1.48. The lowest BCUT2D eigenvalue weighted by molar-refractivity contribution is -0.144. The van der Waals surface area contributed by atoms with E-state index in [1.54, 1.807) is 6.92 Å². The molecular formula is C13H27NO3. The number of rotatable bonds is 8. The van der Waals surface area contributed by atoms with Gasteiger partial charge in [-0.05, 0) is 53.5 Å². The average Bonchev–Trinajstić information content (AvgIpc) is 2.20. The molecule has 0 saturated heterocycles. The molecule has 0 spiro atoms. The third kappa shape index (κ3) is 7.34. The molecule has 0 aliphatic carbocycles. The Labute approximate surface area is 105 Å². The van der Waals surface area contributed by atoms with Crippen LogP contribution in [-0.2, 0) is 9.53 Å². The topological polar surface area (TPSA) is 58.6 Å². The van der Waals surface area contributed by atoms with E-state index >= 15 is 0 Å². The highest BCUT2D eigenvalue weighted by molar-refractivity contribution is 5.78. The quantitative estimate of drug-likeness (QED) is 0.645. The average molecular weight is 245 g/mol. The van der Waals surface area contributed by atoms with Gasteiger partial charge < -0.3 is 15.2 Å². The van der Waals surface area contributed by atoms with Gasteiger partial charge in [0.05, 0.1) is 5.60 Å². The number of ether oxygens (including phenoxy) is 1. The summed E-state index contributed by atoms with van der Waals surface area (Å²) in [6.07, 6.45) is 2.26. The first kappa shape index (κ1) is 16.4. The molecule has 0 fully saturated rings. The van der Waals surface area contributed by atoms with Gasteiger partial charge in [-0.25, -0.2) is 0 Å². The molecule has 1 atom stereocenters. The largest absolute Gasteiger partial charge is 0.480 e. The SMILES string of the molecule is CCCNC(C)(CCCOC(C)(C)C)C(=O)O. The molecule has 0 amide bonds. The van der Waals surface area contributed by atoms with Crippen LogP contribution in [0.1, 0.15) is 53.9 Å². The maximum atomic E-state index is 11.2. The fraction of sp³-hybridized carbons (Fsp3) is 0.923. The van der Waals surface area contributed by atoms with E-state index in [9.17, 15) is 9.90 Å². The van der Waals surface area contributed by atoms with Gasteiger partial charge in [-0.2, -0.15) is 0 Å². The zero-order valence-corrected chi connectivity index (χ0v) is 11.8. The summed E-state index contributed by atoms with van der Waals surface area (Å²) < 4.78 is 5.59. The highest BCUT2D eigenvalue weighted by Gasteiger charge is 2.31. The predicted octanol–water partition coefficient (Wildman–Crippen LogP) is 2.42. The Morgan fingerprint density at radius 2 is 1.88 bits per heavy atom. The van der Waals surface area contributed by atoms with Crippen LogP contribution in [0.3, 0.4) is 0 Å². The molecule has 0 saturated carbocycles. The monoisotopic (exact) mass is 245 g/mol. The molecule has 0 aromatic carbocycles. The molecule has 102 valence electrons. The van der Waals surface area contributed by atoms with Gasteiger partial charge in [0.15, 0.2) is 0 Å². The van der Waals surface area contributed by atoms with Crippen molar-refractivity contribution in [3.8, 4) is 0 Å². The minimum atomic E-state index is -0.836. The van der Waals surface area contributed by atoms with E-state index in [2.05, 4.69) is 5.32 Å². The van der Waals surface area contributed by atoms with Crippen molar-refractivity contribution in [1.29, 1.82) is 0 Å². The molecule has 0 radical (unpaired) electrons. The van der Waals surface area contributed by atoms with Crippen LogP contribution < -0.4 is 5.32 Å². The van der Waals surface area contributed by atoms with Crippen LogP contribution >= 0.6 is 0 Å². The number of aliphatic carboxylic acids is 1. The van der Waals surface area contributed by atoms with Crippen molar-refractivity contribution in [2.45, 2.75) is 65.0 Å². The second-order valence-corrected chi connectivity index (χ2v) is 5.63. The Kier molecular flexibility index (Phi) is 6.72. The second kappa shape index (κ2) is 6.97. The standard InChI is InChI=1S/C13H27NO3/c1-6-9-14-13(5,11(15)16)8-7-10-17-12(2,3)4/h14H,6-10H2,1-5H3,(H,15,16). The van der Waals surface area contributed by atoms with Gasteiger partial charge in [0.1, 0.15) is 5.54 Å². The number of carboxylic acid groups (broad SMARTS) is 1. The van der Waals surface area contributed by atoms with Crippen molar-refractivity contribution in [2.24, 2.45) is 0 Å². The van der Waals surface area contributed by atoms with Gasteiger partial charge in [-0.15, -0.1) is 0 Å². The molecule has 4 heteroatoms. The second-order valence-electron chi connectivity index (χ2n) is 5.63. The van der Waals surface area contributed by atoms with Crippen molar-refractivity contribution in [3.05, 3.63) is 0 Å². The molecule has 0 aromatic heterocycles. The summed E-state index contributed by atoms with van der Waals surface area (Å²) in [5, 5.41) is 12.3. The zero-order valence-electron chi connectivity index (χ0n) is 11.8. The number of nitrogens with one attached hydrogen (secondary N) is 1. The van der Waals surface area contributed by atoms with Gasteiger partial charge in [-0.3, -0.25) is 4.79 Å². The number of hydrogen-bond acceptors (Lipinski definition) is 3. The van der Waals surface area contributed by atoms with Gasteiger partial charge in [0, 0.05) is 6.61 Å². The Hall–Kier alpha value is -0.610. The Morgan fingerprint density at radius 3 is 2.29 bits per heavy atom. The molecule has 2 N–H and O–H groups in total. The molecule has 1 unspecified atom stereocenters. The van der Waals surface area contributed by atoms with Gasteiger partial charge in [0.25, 0.3) is 0 Å². The number of hydrogen-bond donors (Lipinski definition) is 2. The van der Waals surface area contributed by atoms with E-state index in [0.29, 0.717) is 13.0 Å². The molecule has 0 aliphatic heterocycles. The molecule has 0 heterocycles. The van der Waals surface area contributed by atoms with E-state index < -0.39 is 11.5 Å². The lowest BCUT2D eigenvalue weighted by Gasteiger charge is -2.27. The smallest absolute Gasteiger partial charge is 0.323 e. The van der Waals surface area contributed by atoms with Crippen molar-refractivity contribution in [3.63, 3.8) is 0 Å². The highest BCUT2D eigenvalue weighted by Crippen LogP contribution is 2.15. The lowest BCUT2D eigenvalue weighted by atomic mass is 9.96. The Morgan fingerprint density at radius 1 is 1.29 bits per heavy atom. The van der Waals surface area contributed by atoms with Gasteiger partial charge in [0.2, 0.25) is 0 Å². The van der Waals surface area contributed by atoms with E-state index in [0.717, 1.165) is 19.4 Å². The van der Waals surface area contributed by atoms with Crippen LogP contribution in [0.4, 0.5) is 0 Å². The van der Waals surface area contributed by atoms with Crippen molar-refractivity contribution in [2.75, 3.05) is 13.2 Å². The summed E-state index contributed by atoms with van der Waals surface area (Å²) in [6, 6.07) is 0. The molecule has 17 heavy (non-hydrogen) atoms. The maximum absolute atomic E-state index is 11.2. The summed E-state index contributed by atoms with van der Waals surface area (Å²) in [5.74, 6) is -0.790. The summed E-state index contributed by atoms with van der Waals surface area (Å²) in [5.41, 5.74) is -0.992. The molecule has 0 bridgehead atoms. The maximum Gasteiger partial charge on any atom is 0.323 e. The Bertz CT molecular complexity index is 235. The zero-order chi connectivity index (χ0) is 13.5. The van der Waals surface area contributed by atoms with E-state index in [1.807, 2.05) is 27.7 Å². The first-order valence-electron chi connectivity index (χ1n) is 6.33. The van der Waals surface area contributed by atoms with Gasteiger partial charge in [-0.1, -0.05) is 6.92 Å². The summed E-state index contributed by atoms with van der Waals surface area (Å²) in [7, 11) is 0. The van der Waals surface area contributed by atoms with Gasteiger partial charge >= 0.3 is 5.97 Å².